The topological polar surface area (TPSA) is 194 Å². The Morgan fingerprint density at radius 2 is 1.68 bits per heavy atom. The van der Waals surface area contributed by atoms with Gasteiger partial charge in [0.2, 0.25) is 11.8 Å². The summed E-state index contributed by atoms with van der Waals surface area (Å²) in [6, 6.07) is 6.42. The van der Waals surface area contributed by atoms with Crippen LogP contribution in [-0.2, 0) is 19.2 Å². The summed E-state index contributed by atoms with van der Waals surface area (Å²) in [7, 11) is 4.15. The molecule has 2 aliphatic heterocycles. The lowest BCUT2D eigenvalue weighted by Crippen LogP contribution is -2.60. The fraction of sp³-hybridized carbons (Fsp3) is 0.375. The molecule has 18 heteroatoms. The van der Waals surface area contributed by atoms with Crippen LogP contribution in [0.2, 0.25) is 0 Å². The maximum atomic E-state index is 14.3. The predicted octanol–water partition coefficient (Wildman–Crippen LogP) is 4.74. The van der Waals surface area contributed by atoms with Crippen molar-refractivity contribution in [3.63, 3.8) is 0 Å². The van der Waals surface area contributed by atoms with Crippen molar-refractivity contribution in [3.8, 4) is 11.5 Å². The number of aromatic hydroxyl groups is 1. The monoisotopic (exact) mass is 791 g/mol. The molecule has 2 aliphatic carbocycles. The van der Waals surface area contributed by atoms with Crippen LogP contribution >= 0.6 is 39.1 Å². The number of nitro benzene ring substituents is 2. The van der Waals surface area contributed by atoms with Gasteiger partial charge in [-0.05, 0) is 36.5 Å². The van der Waals surface area contributed by atoms with Crippen molar-refractivity contribution in [1.82, 2.24) is 4.90 Å². The molecule has 2 aromatic rings. The van der Waals surface area contributed by atoms with Gasteiger partial charge in [0.1, 0.15) is 0 Å². The second-order valence-corrected chi connectivity index (χ2v) is 14.3. The minimum Gasteiger partial charge on any atom is -0.504 e. The number of alkyl halides is 3. The number of imide groups is 2. The average molecular weight is 793 g/mol. The number of phenolic OH excluding ortho intramolecular Hbond substituents is 1. The summed E-state index contributed by atoms with van der Waals surface area (Å²) < 4.78 is 5.20. The fourth-order valence-electron chi connectivity index (χ4n) is 7.72. The number of methoxy groups -OCH3 is 1. The molecule has 3 fully saturated rings. The van der Waals surface area contributed by atoms with Gasteiger partial charge in [-0.25, -0.2) is 4.90 Å². The number of nitro groups is 2. The van der Waals surface area contributed by atoms with Crippen LogP contribution in [0.3, 0.4) is 0 Å². The fourth-order valence-corrected chi connectivity index (χ4v) is 9.10. The number of nitrogens with zero attached hydrogens (tertiary/aromatic N) is 5. The third-order valence-corrected chi connectivity index (χ3v) is 11.8. The van der Waals surface area contributed by atoms with E-state index in [0.717, 1.165) is 21.9 Å². The van der Waals surface area contributed by atoms with Gasteiger partial charge in [-0.3, -0.25) is 44.3 Å². The third kappa shape index (κ3) is 4.90. The number of hydrogen-bond donors (Lipinski definition) is 1. The van der Waals surface area contributed by atoms with Gasteiger partial charge in [-0.15, -0.1) is 23.2 Å². The van der Waals surface area contributed by atoms with E-state index in [1.807, 2.05) is 0 Å². The SMILES string of the molecule is COc1cc(C=C[C@H]2C3=CC[C@@H]4C(=O)N(c5cc([N+](=O)[O-])c(N(C)C)c([N+](=O)[O-])c5)C(=O)[C@@H]4[C@@H]3C[C@@]3(Cl)C(=O)N(CBr)C(=O)[C@@]23Cl)ccc1O. The number of anilines is 2. The molecular weight excluding hydrogens is 765 g/mol. The van der Waals surface area contributed by atoms with E-state index in [9.17, 15) is 44.5 Å². The molecule has 1 N–H and O–H groups in total. The van der Waals surface area contributed by atoms with Crippen molar-refractivity contribution in [3.05, 3.63) is 73.8 Å². The van der Waals surface area contributed by atoms with Crippen molar-refractivity contribution >= 4 is 91.6 Å². The molecule has 4 aliphatic rings. The quantitative estimate of drug-likeness (QED) is 0.0969. The Hall–Kier alpha value is -4.54. The lowest BCUT2D eigenvalue weighted by Gasteiger charge is -2.49. The number of rotatable bonds is 8. The Morgan fingerprint density at radius 3 is 2.24 bits per heavy atom. The minimum absolute atomic E-state index is 0.00145. The number of fused-ring (bicyclic) bond motifs is 4. The van der Waals surface area contributed by atoms with E-state index in [0.29, 0.717) is 11.1 Å². The molecule has 262 valence electrons. The van der Waals surface area contributed by atoms with E-state index in [2.05, 4.69) is 15.9 Å². The molecule has 0 spiro atoms. The van der Waals surface area contributed by atoms with Gasteiger partial charge in [-0.2, -0.15) is 0 Å². The first-order chi connectivity index (χ1) is 23.5. The van der Waals surface area contributed by atoms with Crippen LogP contribution < -0.4 is 14.5 Å². The Morgan fingerprint density at radius 1 is 1.04 bits per heavy atom. The molecule has 0 bridgehead atoms. The normalized spacial score (nSPS) is 28.8. The lowest BCUT2D eigenvalue weighted by molar-refractivity contribution is -0.392. The standard InChI is InChI=1S/C32H28BrCl2N5O10/c1-36(2)26-21(39(46)47)11-16(12-22(26)40(48)49)38-27(42)18-7-6-17-19(25(18)28(38)43)13-31(34)29(44)37(14-33)30(45)32(31,35)20(17)8-4-15-5-9-23(41)24(10-15)50-3/h4-6,8-12,18-20,25,41H,7,13-14H2,1-3H3/t18-,19+,20-,25-,31+,32-/m0/s1. The Labute approximate surface area is 302 Å². The number of halogens is 3. The largest absolute Gasteiger partial charge is 0.504 e. The van der Waals surface area contributed by atoms with Crippen LogP contribution in [0.4, 0.5) is 22.7 Å². The van der Waals surface area contributed by atoms with Crippen LogP contribution in [-0.4, -0.2) is 79.9 Å². The number of phenols is 1. The van der Waals surface area contributed by atoms with E-state index in [4.69, 9.17) is 27.9 Å². The third-order valence-electron chi connectivity index (χ3n) is 9.91. The zero-order valence-electron chi connectivity index (χ0n) is 26.5. The molecular formula is C32H28BrCl2N5O10. The molecule has 6 rings (SSSR count). The Kier molecular flexibility index (Phi) is 8.72. The number of ether oxygens (including phenoxy) is 1. The van der Waals surface area contributed by atoms with Crippen LogP contribution in [0.25, 0.3) is 6.08 Å². The highest BCUT2D eigenvalue weighted by molar-refractivity contribution is 9.09. The summed E-state index contributed by atoms with van der Waals surface area (Å²) in [5.41, 5.74) is -1.22. The molecule has 50 heavy (non-hydrogen) atoms. The van der Waals surface area contributed by atoms with Crippen LogP contribution in [0, 0.1) is 43.9 Å². The van der Waals surface area contributed by atoms with E-state index >= 15 is 0 Å². The highest BCUT2D eigenvalue weighted by Crippen LogP contribution is 2.63. The van der Waals surface area contributed by atoms with Gasteiger partial charge < -0.3 is 14.7 Å². The maximum Gasteiger partial charge on any atom is 0.301 e. The van der Waals surface area contributed by atoms with E-state index < -0.39 is 78.3 Å². The van der Waals surface area contributed by atoms with Gasteiger partial charge in [0.25, 0.3) is 11.8 Å². The smallest absolute Gasteiger partial charge is 0.301 e. The van der Waals surface area contributed by atoms with Gasteiger partial charge in [0.05, 0.1) is 39.9 Å². The van der Waals surface area contributed by atoms with Crippen molar-refractivity contribution in [1.29, 1.82) is 0 Å². The van der Waals surface area contributed by atoms with E-state index in [1.54, 1.807) is 24.3 Å². The number of likely N-dealkylation sites (tertiary alicyclic amines) is 1. The number of hydrogen-bond acceptors (Lipinski definition) is 11. The second-order valence-electron chi connectivity index (χ2n) is 12.6. The molecule has 15 nitrogen and oxygen atoms in total. The number of amides is 4. The van der Waals surface area contributed by atoms with Crippen molar-refractivity contribution in [2.24, 2.45) is 23.7 Å². The molecule has 1 saturated carbocycles. The zero-order valence-corrected chi connectivity index (χ0v) is 29.6. The second kappa shape index (κ2) is 12.3. The number of carbonyl (C=O) groups excluding carboxylic acids is 4. The molecule has 0 aromatic heterocycles. The molecule has 2 saturated heterocycles. The molecule has 6 atom stereocenters. The van der Waals surface area contributed by atoms with Gasteiger partial charge >= 0.3 is 11.4 Å². The van der Waals surface area contributed by atoms with E-state index in [-0.39, 0.29) is 41.2 Å². The maximum absolute atomic E-state index is 14.3. The first kappa shape index (κ1) is 35.3. The molecule has 0 unspecified atom stereocenters. The Bertz CT molecular complexity index is 1940. The minimum atomic E-state index is -2.06. The van der Waals surface area contributed by atoms with Crippen molar-refractivity contribution in [2.75, 3.05) is 36.5 Å². The molecule has 0 radical (unpaired) electrons. The summed E-state index contributed by atoms with van der Waals surface area (Å²) in [4.78, 5) is 77.1. The lowest BCUT2D eigenvalue weighted by atomic mass is 9.57. The molecule has 2 heterocycles. The molecule has 4 amide bonds. The van der Waals surface area contributed by atoms with E-state index in [1.165, 1.54) is 38.2 Å². The first-order valence-electron chi connectivity index (χ1n) is 15.1. The van der Waals surface area contributed by atoms with Crippen molar-refractivity contribution < 1.29 is 38.9 Å². The Balaban J connectivity index is 1.47. The first-order valence-corrected chi connectivity index (χ1v) is 17.0. The van der Waals surface area contributed by atoms with Gasteiger partial charge in [0, 0.05) is 32.1 Å². The number of benzene rings is 2. The molecule has 2 aromatic carbocycles. The van der Waals surface area contributed by atoms with Gasteiger partial charge in [0.15, 0.2) is 26.9 Å². The summed E-state index contributed by atoms with van der Waals surface area (Å²) in [6.07, 6.45) is 4.59. The highest BCUT2D eigenvalue weighted by atomic mass is 79.9. The van der Waals surface area contributed by atoms with Crippen LogP contribution in [0.1, 0.15) is 18.4 Å². The summed E-state index contributed by atoms with van der Waals surface area (Å²) >= 11 is 17.5. The summed E-state index contributed by atoms with van der Waals surface area (Å²) in [5.74, 6) is -7.13. The zero-order chi connectivity index (χ0) is 36.6. The van der Waals surface area contributed by atoms with Gasteiger partial charge in [-0.1, -0.05) is 45.8 Å². The highest BCUT2D eigenvalue weighted by Gasteiger charge is 2.75. The van der Waals surface area contributed by atoms with Crippen molar-refractivity contribution in [2.45, 2.75) is 22.6 Å². The number of carbonyl (C=O) groups is 4. The summed E-state index contributed by atoms with van der Waals surface area (Å²) in [5, 5.41) is 34.1. The summed E-state index contributed by atoms with van der Waals surface area (Å²) in [6.45, 7) is 0. The van der Waals surface area contributed by atoms with Crippen LogP contribution in [0.5, 0.6) is 11.5 Å². The average Bonchev–Trinajstić information content (AvgIpc) is 3.41. The number of allylic oxidation sites excluding steroid dienone is 3. The predicted molar refractivity (Wildman–Crippen MR) is 184 cm³/mol. The van der Waals surface area contributed by atoms with Crippen LogP contribution in [0.15, 0.2) is 48.1 Å².